The van der Waals surface area contributed by atoms with Crippen LogP contribution in [-0.2, 0) is 9.53 Å². The molecular weight excluding hydrogens is 349 g/mol. The molecule has 0 saturated carbocycles. The molecule has 27 heavy (non-hydrogen) atoms. The maximum absolute atomic E-state index is 12.9. The van der Waals surface area contributed by atoms with Crippen molar-refractivity contribution in [2.24, 2.45) is 0 Å². The Bertz CT molecular complexity index is 744. The van der Waals surface area contributed by atoms with E-state index in [-0.39, 0.29) is 18.5 Å². The number of amides is 1. The van der Waals surface area contributed by atoms with E-state index in [1.165, 1.54) is 12.1 Å². The Morgan fingerprint density at radius 1 is 1.07 bits per heavy atom. The molecule has 0 heterocycles. The van der Waals surface area contributed by atoms with Crippen LogP contribution < -0.4 is 10.1 Å². The number of nitrogens with one attached hydrogen (secondary N) is 1. The minimum Gasteiger partial charge on any atom is -0.494 e. The quantitative estimate of drug-likeness (QED) is 0.532. The first-order valence-corrected chi connectivity index (χ1v) is 8.94. The monoisotopic (exact) mass is 373 g/mol. The van der Waals surface area contributed by atoms with Gasteiger partial charge in [-0.2, -0.15) is 0 Å². The highest BCUT2D eigenvalue weighted by molar-refractivity contribution is 5.91. The highest BCUT2D eigenvalue weighted by Crippen LogP contribution is 2.14. The van der Waals surface area contributed by atoms with Crippen LogP contribution in [0.3, 0.4) is 0 Å². The number of carbonyl (C=O) groups excluding carboxylic acids is 2. The van der Waals surface area contributed by atoms with Crippen LogP contribution in [0.25, 0.3) is 0 Å². The molecule has 0 fully saturated rings. The predicted octanol–water partition coefficient (Wildman–Crippen LogP) is 4.04. The average molecular weight is 373 g/mol. The Hall–Kier alpha value is -2.89. The largest absolute Gasteiger partial charge is 0.494 e. The fourth-order valence-electron chi connectivity index (χ4n) is 2.35. The lowest BCUT2D eigenvalue weighted by Crippen LogP contribution is -2.31. The lowest BCUT2D eigenvalue weighted by Gasteiger charge is -2.14. The van der Waals surface area contributed by atoms with E-state index >= 15 is 0 Å². The number of rotatable bonds is 9. The van der Waals surface area contributed by atoms with Crippen LogP contribution in [0.15, 0.2) is 48.5 Å². The van der Waals surface area contributed by atoms with Crippen molar-refractivity contribution in [3.8, 4) is 5.75 Å². The molecule has 2 rings (SSSR count). The van der Waals surface area contributed by atoms with Gasteiger partial charge in [0.2, 0.25) is 0 Å². The molecule has 0 aliphatic heterocycles. The smallest absolute Gasteiger partial charge is 0.338 e. The van der Waals surface area contributed by atoms with E-state index in [0.717, 1.165) is 18.4 Å². The van der Waals surface area contributed by atoms with Crippen molar-refractivity contribution < 1.29 is 23.5 Å². The van der Waals surface area contributed by atoms with Crippen molar-refractivity contribution >= 4 is 11.9 Å². The van der Waals surface area contributed by atoms with Gasteiger partial charge in [-0.1, -0.05) is 25.5 Å². The molecule has 144 valence electrons. The molecule has 2 aromatic carbocycles. The number of halogens is 1. The molecule has 0 unspecified atom stereocenters. The van der Waals surface area contributed by atoms with Gasteiger partial charge in [0.1, 0.15) is 11.6 Å². The van der Waals surface area contributed by atoms with Crippen LogP contribution in [0, 0.1) is 5.82 Å². The second-order valence-electron chi connectivity index (χ2n) is 6.14. The number of benzene rings is 2. The van der Waals surface area contributed by atoms with E-state index in [9.17, 15) is 14.0 Å². The summed E-state index contributed by atoms with van der Waals surface area (Å²) in [6, 6.07) is 12.1. The number of esters is 1. The highest BCUT2D eigenvalue weighted by atomic mass is 19.1. The fourth-order valence-corrected chi connectivity index (χ4v) is 2.35. The second kappa shape index (κ2) is 10.3. The van der Waals surface area contributed by atoms with Crippen molar-refractivity contribution in [2.75, 3.05) is 13.2 Å². The van der Waals surface area contributed by atoms with Crippen molar-refractivity contribution in [1.29, 1.82) is 0 Å². The molecule has 1 amide bonds. The SMILES string of the molecule is CCCCOc1ccc(C(=O)OCC(=O)N[C@H](C)c2ccc(F)cc2)cc1. The molecule has 0 spiro atoms. The molecule has 2 aromatic rings. The summed E-state index contributed by atoms with van der Waals surface area (Å²) in [6.45, 7) is 4.09. The third-order valence-corrected chi connectivity index (χ3v) is 3.94. The Labute approximate surface area is 158 Å². The summed E-state index contributed by atoms with van der Waals surface area (Å²) in [7, 11) is 0. The van der Waals surface area contributed by atoms with Gasteiger partial charge in [0, 0.05) is 0 Å². The zero-order valence-electron chi connectivity index (χ0n) is 15.5. The summed E-state index contributed by atoms with van der Waals surface area (Å²) in [5.74, 6) is -0.668. The van der Waals surface area contributed by atoms with Crippen LogP contribution >= 0.6 is 0 Å². The molecule has 0 saturated heterocycles. The van der Waals surface area contributed by atoms with E-state index in [0.29, 0.717) is 17.9 Å². The minimum absolute atomic E-state index is 0.323. The summed E-state index contributed by atoms with van der Waals surface area (Å²) in [5.41, 5.74) is 1.10. The molecule has 0 radical (unpaired) electrons. The van der Waals surface area contributed by atoms with Crippen LogP contribution in [0.2, 0.25) is 0 Å². The number of hydrogen-bond donors (Lipinski definition) is 1. The fraction of sp³-hybridized carbons (Fsp3) is 0.333. The number of unbranched alkanes of at least 4 members (excludes halogenated alkanes) is 1. The van der Waals surface area contributed by atoms with Crippen LogP contribution in [0.1, 0.15) is 48.7 Å². The first-order chi connectivity index (χ1) is 13.0. The summed E-state index contributed by atoms with van der Waals surface area (Å²) in [5, 5.41) is 2.70. The molecule has 0 aromatic heterocycles. The van der Waals surface area contributed by atoms with Gasteiger partial charge in [-0.05, 0) is 55.3 Å². The van der Waals surface area contributed by atoms with Gasteiger partial charge in [0.25, 0.3) is 5.91 Å². The van der Waals surface area contributed by atoms with Crippen molar-refractivity contribution in [3.05, 3.63) is 65.5 Å². The third-order valence-electron chi connectivity index (χ3n) is 3.94. The Kier molecular flexibility index (Phi) is 7.79. The second-order valence-corrected chi connectivity index (χ2v) is 6.14. The van der Waals surface area contributed by atoms with Crippen LogP contribution in [-0.4, -0.2) is 25.1 Å². The maximum Gasteiger partial charge on any atom is 0.338 e. The van der Waals surface area contributed by atoms with Gasteiger partial charge in [-0.15, -0.1) is 0 Å². The van der Waals surface area contributed by atoms with E-state index in [1.54, 1.807) is 43.3 Å². The summed E-state index contributed by atoms with van der Waals surface area (Å²) < 4.78 is 23.5. The van der Waals surface area contributed by atoms with E-state index in [1.807, 2.05) is 0 Å². The number of carbonyl (C=O) groups is 2. The molecule has 1 atom stereocenters. The molecule has 0 bridgehead atoms. The Balaban J connectivity index is 1.78. The Morgan fingerprint density at radius 2 is 1.74 bits per heavy atom. The van der Waals surface area contributed by atoms with Gasteiger partial charge >= 0.3 is 5.97 Å². The van der Waals surface area contributed by atoms with Gasteiger partial charge < -0.3 is 14.8 Å². The first kappa shape index (κ1) is 20.4. The predicted molar refractivity (Wildman–Crippen MR) is 100 cm³/mol. The Morgan fingerprint density at radius 3 is 2.37 bits per heavy atom. The van der Waals surface area contributed by atoms with Gasteiger partial charge in [-0.3, -0.25) is 4.79 Å². The molecular formula is C21H24FNO4. The van der Waals surface area contributed by atoms with E-state index in [4.69, 9.17) is 9.47 Å². The normalized spacial score (nSPS) is 11.5. The zero-order valence-corrected chi connectivity index (χ0v) is 15.5. The standard InChI is InChI=1S/C21H24FNO4/c1-3-4-13-26-19-11-7-17(8-12-19)21(25)27-14-20(24)23-15(2)16-5-9-18(22)10-6-16/h5-12,15H,3-4,13-14H2,1-2H3,(H,23,24)/t15-/m1/s1. The third kappa shape index (κ3) is 6.73. The van der Waals surface area contributed by atoms with Crippen molar-refractivity contribution in [2.45, 2.75) is 32.7 Å². The van der Waals surface area contributed by atoms with Gasteiger partial charge in [-0.25, -0.2) is 9.18 Å². The number of ether oxygens (including phenoxy) is 2. The molecule has 0 aliphatic rings. The highest BCUT2D eigenvalue weighted by Gasteiger charge is 2.13. The van der Waals surface area contributed by atoms with Crippen molar-refractivity contribution in [3.63, 3.8) is 0 Å². The molecule has 6 heteroatoms. The minimum atomic E-state index is -0.584. The maximum atomic E-state index is 12.9. The molecule has 1 N–H and O–H groups in total. The van der Waals surface area contributed by atoms with E-state index in [2.05, 4.69) is 12.2 Å². The lowest BCUT2D eigenvalue weighted by atomic mass is 10.1. The summed E-state index contributed by atoms with van der Waals surface area (Å²) in [4.78, 5) is 24.0. The summed E-state index contributed by atoms with van der Waals surface area (Å²) in [6.07, 6.45) is 2.02. The molecule has 5 nitrogen and oxygen atoms in total. The lowest BCUT2D eigenvalue weighted by molar-refractivity contribution is -0.124. The molecule has 0 aliphatic carbocycles. The first-order valence-electron chi connectivity index (χ1n) is 8.94. The van der Waals surface area contributed by atoms with Gasteiger partial charge in [0.15, 0.2) is 6.61 Å². The zero-order chi connectivity index (χ0) is 19.6. The van der Waals surface area contributed by atoms with Crippen LogP contribution in [0.5, 0.6) is 5.75 Å². The topological polar surface area (TPSA) is 64.6 Å². The number of hydrogen-bond acceptors (Lipinski definition) is 4. The van der Waals surface area contributed by atoms with Crippen LogP contribution in [0.4, 0.5) is 4.39 Å². The summed E-state index contributed by atoms with van der Waals surface area (Å²) >= 11 is 0. The van der Waals surface area contributed by atoms with Crippen molar-refractivity contribution in [1.82, 2.24) is 5.32 Å². The van der Waals surface area contributed by atoms with Gasteiger partial charge in [0.05, 0.1) is 18.2 Å². The van der Waals surface area contributed by atoms with E-state index < -0.39 is 11.9 Å². The average Bonchev–Trinajstić information content (AvgIpc) is 2.67.